The van der Waals surface area contributed by atoms with E-state index < -0.39 is 0 Å². The zero-order chi connectivity index (χ0) is 10.5. The summed E-state index contributed by atoms with van der Waals surface area (Å²) in [6.07, 6.45) is 6.08. The smallest absolute Gasteiger partial charge is 0.237 e. The summed E-state index contributed by atoms with van der Waals surface area (Å²) < 4.78 is 0. The summed E-state index contributed by atoms with van der Waals surface area (Å²) in [6.45, 7) is 1.86. The summed E-state index contributed by atoms with van der Waals surface area (Å²) >= 11 is 2.01. The first-order valence-electron chi connectivity index (χ1n) is 5.99. The summed E-state index contributed by atoms with van der Waals surface area (Å²) in [5, 5.41) is 6.95. The van der Waals surface area contributed by atoms with Crippen molar-refractivity contribution in [3.63, 3.8) is 0 Å². The van der Waals surface area contributed by atoms with E-state index in [1.54, 1.807) is 0 Å². The molecule has 2 rings (SSSR count). The van der Waals surface area contributed by atoms with Crippen LogP contribution in [0.2, 0.25) is 0 Å². The highest BCUT2D eigenvalue weighted by molar-refractivity contribution is 7.99. The van der Waals surface area contributed by atoms with Gasteiger partial charge in [0.05, 0.1) is 6.04 Å². The van der Waals surface area contributed by atoms with Crippen molar-refractivity contribution < 1.29 is 4.79 Å². The van der Waals surface area contributed by atoms with E-state index >= 15 is 0 Å². The van der Waals surface area contributed by atoms with Crippen LogP contribution in [0.4, 0.5) is 0 Å². The van der Waals surface area contributed by atoms with Gasteiger partial charge in [-0.25, -0.2) is 0 Å². The molecule has 3 nitrogen and oxygen atoms in total. The molecule has 4 heteroatoms. The van der Waals surface area contributed by atoms with Crippen LogP contribution in [0.25, 0.3) is 0 Å². The van der Waals surface area contributed by atoms with Gasteiger partial charge in [-0.1, -0.05) is 6.42 Å². The fraction of sp³-hybridized carbons (Fsp3) is 0.909. The Hall–Kier alpha value is -0.220. The molecule has 2 saturated heterocycles. The van der Waals surface area contributed by atoms with Gasteiger partial charge >= 0.3 is 0 Å². The van der Waals surface area contributed by atoms with Gasteiger partial charge in [-0.05, 0) is 38.0 Å². The predicted molar refractivity (Wildman–Crippen MR) is 64.1 cm³/mol. The Morgan fingerprint density at radius 2 is 2.27 bits per heavy atom. The minimum Gasteiger partial charge on any atom is -0.354 e. The Balaban J connectivity index is 1.65. The molecule has 0 spiro atoms. The van der Waals surface area contributed by atoms with Crippen molar-refractivity contribution in [2.75, 3.05) is 18.8 Å². The fourth-order valence-electron chi connectivity index (χ4n) is 2.21. The van der Waals surface area contributed by atoms with E-state index in [0.29, 0.717) is 5.25 Å². The Bertz CT molecular complexity index is 211. The van der Waals surface area contributed by atoms with Crippen molar-refractivity contribution in [2.45, 2.75) is 43.4 Å². The van der Waals surface area contributed by atoms with Crippen molar-refractivity contribution in [3.8, 4) is 0 Å². The molecule has 1 amide bonds. The van der Waals surface area contributed by atoms with Crippen LogP contribution in [0.15, 0.2) is 0 Å². The lowest BCUT2D eigenvalue weighted by molar-refractivity contribution is -0.122. The number of hydrogen-bond acceptors (Lipinski definition) is 3. The zero-order valence-electron chi connectivity index (χ0n) is 9.13. The fourth-order valence-corrected chi connectivity index (χ4v) is 3.45. The van der Waals surface area contributed by atoms with Crippen LogP contribution in [-0.4, -0.2) is 36.0 Å². The second-order valence-corrected chi connectivity index (χ2v) is 5.79. The molecule has 0 bridgehead atoms. The summed E-state index contributed by atoms with van der Waals surface area (Å²) in [5.41, 5.74) is 0. The third-order valence-electron chi connectivity index (χ3n) is 3.15. The largest absolute Gasteiger partial charge is 0.354 e. The summed E-state index contributed by atoms with van der Waals surface area (Å²) in [7, 11) is 0. The highest BCUT2D eigenvalue weighted by Crippen LogP contribution is 2.24. The first kappa shape index (κ1) is 11.3. The van der Waals surface area contributed by atoms with E-state index in [0.717, 1.165) is 25.9 Å². The highest BCUT2D eigenvalue weighted by atomic mass is 32.2. The SMILES string of the molecule is O=C(NCC1CCCCS1)[C@@H]1CCCN1. The van der Waals surface area contributed by atoms with Crippen molar-refractivity contribution in [1.82, 2.24) is 10.6 Å². The maximum Gasteiger partial charge on any atom is 0.237 e. The molecule has 2 heterocycles. The summed E-state index contributed by atoms with van der Waals surface area (Å²) in [4.78, 5) is 11.7. The van der Waals surface area contributed by atoms with Gasteiger partial charge in [-0.15, -0.1) is 0 Å². The minimum atomic E-state index is 0.0820. The monoisotopic (exact) mass is 228 g/mol. The van der Waals surface area contributed by atoms with Crippen LogP contribution in [0, 0.1) is 0 Å². The molecule has 2 aliphatic rings. The van der Waals surface area contributed by atoms with Crippen molar-refractivity contribution >= 4 is 17.7 Å². The van der Waals surface area contributed by atoms with E-state index in [1.165, 1.54) is 25.0 Å². The number of hydrogen-bond donors (Lipinski definition) is 2. The molecule has 2 atom stereocenters. The molecule has 0 aromatic rings. The second kappa shape index (κ2) is 5.75. The third-order valence-corrected chi connectivity index (χ3v) is 4.55. The normalized spacial score (nSPS) is 31.5. The molecule has 2 aliphatic heterocycles. The zero-order valence-corrected chi connectivity index (χ0v) is 9.94. The van der Waals surface area contributed by atoms with Crippen molar-refractivity contribution in [2.24, 2.45) is 0 Å². The summed E-state index contributed by atoms with van der Waals surface area (Å²) in [5.74, 6) is 1.47. The quantitative estimate of drug-likeness (QED) is 0.761. The standard InChI is InChI=1S/C11H20N2OS/c14-11(10-5-3-6-12-10)13-8-9-4-1-2-7-15-9/h9-10,12H,1-8H2,(H,13,14)/t9?,10-/m0/s1. The predicted octanol–water partition coefficient (Wildman–Crippen LogP) is 1.14. The van der Waals surface area contributed by atoms with Gasteiger partial charge in [0.1, 0.15) is 0 Å². The molecule has 15 heavy (non-hydrogen) atoms. The highest BCUT2D eigenvalue weighted by Gasteiger charge is 2.22. The van der Waals surface area contributed by atoms with E-state index in [2.05, 4.69) is 10.6 Å². The molecule has 0 aromatic heterocycles. The number of amides is 1. The Morgan fingerprint density at radius 3 is 2.93 bits per heavy atom. The van der Waals surface area contributed by atoms with Crippen LogP contribution in [-0.2, 0) is 4.79 Å². The average molecular weight is 228 g/mol. The minimum absolute atomic E-state index is 0.0820. The number of carbonyl (C=O) groups excluding carboxylic acids is 1. The topological polar surface area (TPSA) is 41.1 Å². The van der Waals surface area contributed by atoms with E-state index in [4.69, 9.17) is 0 Å². The lowest BCUT2D eigenvalue weighted by Gasteiger charge is -2.22. The molecule has 0 saturated carbocycles. The average Bonchev–Trinajstić information content (AvgIpc) is 2.81. The molecular weight excluding hydrogens is 208 g/mol. The van der Waals surface area contributed by atoms with Gasteiger partial charge < -0.3 is 10.6 Å². The molecule has 0 radical (unpaired) electrons. The Morgan fingerprint density at radius 1 is 1.33 bits per heavy atom. The van der Waals surface area contributed by atoms with Crippen molar-refractivity contribution in [3.05, 3.63) is 0 Å². The third kappa shape index (κ3) is 3.38. The molecule has 1 unspecified atom stereocenters. The van der Waals surface area contributed by atoms with Gasteiger partial charge in [-0.2, -0.15) is 11.8 Å². The maximum absolute atomic E-state index is 11.7. The van der Waals surface area contributed by atoms with Crippen LogP contribution < -0.4 is 10.6 Å². The number of nitrogens with one attached hydrogen (secondary N) is 2. The Kier molecular flexibility index (Phi) is 4.32. The van der Waals surface area contributed by atoms with E-state index in [9.17, 15) is 4.79 Å². The second-order valence-electron chi connectivity index (χ2n) is 4.38. The molecule has 86 valence electrons. The molecular formula is C11H20N2OS. The van der Waals surface area contributed by atoms with Crippen LogP contribution in [0.5, 0.6) is 0 Å². The number of thioether (sulfide) groups is 1. The molecule has 0 aliphatic carbocycles. The number of carbonyl (C=O) groups is 1. The van der Waals surface area contributed by atoms with Gasteiger partial charge in [-0.3, -0.25) is 4.79 Å². The maximum atomic E-state index is 11.7. The van der Waals surface area contributed by atoms with Crippen LogP contribution in [0.3, 0.4) is 0 Å². The van der Waals surface area contributed by atoms with Gasteiger partial charge in [0.15, 0.2) is 0 Å². The first-order valence-corrected chi connectivity index (χ1v) is 7.04. The lowest BCUT2D eigenvalue weighted by atomic mass is 10.2. The molecule has 2 fully saturated rings. The van der Waals surface area contributed by atoms with Crippen LogP contribution in [0.1, 0.15) is 32.1 Å². The Labute approximate surface area is 95.8 Å². The van der Waals surface area contributed by atoms with Crippen molar-refractivity contribution in [1.29, 1.82) is 0 Å². The van der Waals surface area contributed by atoms with E-state index in [-0.39, 0.29) is 11.9 Å². The van der Waals surface area contributed by atoms with Gasteiger partial charge in [0.25, 0.3) is 0 Å². The first-order chi connectivity index (χ1) is 7.36. The number of rotatable bonds is 3. The summed E-state index contributed by atoms with van der Waals surface area (Å²) in [6, 6.07) is 0.0820. The lowest BCUT2D eigenvalue weighted by Crippen LogP contribution is -2.43. The van der Waals surface area contributed by atoms with E-state index in [1.807, 2.05) is 11.8 Å². The van der Waals surface area contributed by atoms with Gasteiger partial charge in [0.2, 0.25) is 5.91 Å². The van der Waals surface area contributed by atoms with Crippen LogP contribution >= 0.6 is 11.8 Å². The van der Waals surface area contributed by atoms with Gasteiger partial charge in [0, 0.05) is 11.8 Å². The molecule has 0 aromatic carbocycles. The molecule has 2 N–H and O–H groups in total.